The number of ether oxygens (including phenoxy) is 1. The summed E-state index contributed by atoms with van der Waals surface area (Å²) in [5.41, 5.74) is 0. The average molecular weight is 395 g/mol. The van der Waals surface area contributed by atoms with Gasteiger partial charge in [0.05, 0.1) is 6.10 Å². The van der Waals surface area contributed by atoms with Gasteiger partial charge < -0.3 is 4.74 Å². The molecule has 164 valence electrons. The van der Waals surface area contributed by atoms with Gasteiger partial charge in [-0.05, 0) is 58.8 Å². The van der Waals surface area contributed by atoms with E-state index in [4.69, 9.17) is 4.74 Å². The van der Waals surface area contributed by atoms with Gasteiger partial charge in [0.2, 0.25) is 0 Å². The maximum Gasteiger partial charge on any atom is 0.306 e. The summed E-state index contributed by atoms with van der Waals surface area (Å²) < 4.78 is 4.97. The lowest BCUT2D eigenvalue weighted by molar-refractivity contribution is -0.147. The summed E-state index contributed by atoms with van der Waals surface area (Å²) in [6.07, 6.45) is 20.2. The molecule has 0 aromatic carbocycles. The average Bonchev–Trinajstić information content (AvgIpc) is 3.08. The van der Waals surface area contributed by atoms with Gasteiger partial charge in [-0.15, -0.1) is 0 Å². The van der Waals surface area contributed by atoms with Crippen molar-refractivity contribution in [2.24, 2.45) is 5.92 Å². The molecule has 1 atom stereocenters. The summed E-state index contributed by atoms with van der Waals surface area (Å²) in [5.74, 6) is 0.925. The van der Waals surface area contributed by atoms with Crippen LogP contribution in [0.25, 0.3) is 0 Å². The molecule has 1 aliphatic carbocycles. The monoisotopic (exact) mass is 394 g/mol. The number of hydrogen-bond donors (Lipinski definition) is 0. The van der Waals surface area contributed by atoms with Crippen LogP contribution in [0.2, 0.25) is 0 Å². The fourth-order valence-electron chi connectivity index (χ4n) is 2.84. The minimum atomic E-state index is -0.0884. The van der Waals surface area contributed by atoms with E-state index in [1.165, 1.54) is 32.1 Å². The smallest absolute Gasteiger partial charge is 0.306 e. The van der Waals surface area contributed by atoms with Gasteiger partial charge in [-0.3, -0.25) is 9.59 Å². The van der Waals surface area contributed by atoms with Crippen LogP contribution in [-0.2, 0) is 14.3 Å². The SMILES string of the molecule is C/C=C\CCCC(=O)OC(C)C.CC.CCCCCC/C=C/C1CCC(=O)C1. The fourth-order valence-corrected chi connectivity index (χ4v) is 2.84. The molecule has 0 aromatic rings. The van der Waals surface area contributed by atoms with E-state index in [2.05, 4.69) is 25.2 Å². The number of carbonyl (C=O) groups is 2. The Kier molecular flexibility index (Phi) is 22.6. The van der Waals surface area contributed by atoms with Crippen LogP contribution >= 0.6 is 0 Å². The molecule has 1 aliphatic rings. The molecule has 28 heavy (non-hydrogen) atoms. The predicted molar refractivity (Wildman–Crippen MR) is 121 cm³/mol. The van der Waals surface area contributed by atoms with Crippen molar-refractivity contribution < 1.29 is 14.3 Å². The van der Waals surface area contributed by atoms with E-state index < -0.39 is 0 Å². The molecule has 0 aromatic heterocycles. The Hall–Kier alpha value is -1.38. The summed E-state index contributed by atoms with van der Waals surface area (Å²) in [4.78, 5) is 22.0. The Labute approximate surface area is 175 Å². The van der Waals surface area contributed by atoms with Gasteiger partial charge in [0.25, 0.3) is 0 Å². The zero-order valence-corrected chi connectivity index (χ0v) is 19.5. The van der Waals surface area contributed by atoms with Crippen molar-refractivity contribution in [3.8, 4) is 0 Å². The third-order valence-corrected chi connectivity index (χ3v) is 4.27. The normalized spacial score (nSPS) is 16.1. The van der Waals surface area contributed by atoms with Crippen molar-refractivity contribution in [2.45, 2.75) is 118 Å². The molecule has 1 fully saturated rings. The lowest BCUT2D eigenvalue weighted by Crippen LogP contribution is -2.10. The summed E-state index contributed by atoms with van der Waals surface area (Å²) in [7, 11) is 0. The molecule has 0 heterocycles. The van der Waals surface area contributed by atoms with Gasteiger partial charge >= 0.3 is 5.97 Å². The van der Waals surface area contributed by atoms with E-state index >= 15 is 0 Å². The zero-order chi connectivity index (χ0) is 21.6. The van der Waals surface area contributed by atoms with Gasteiger partial charge in [0.1, 0.15) is 5.78 Å². The maximum absolute atomic E-state index is 11.0. The predicted octanol–water partition coefficient (Wildman–Crippen LogP) is 7.59. The van der Waals surface area contributed by atoms with Crippen molar-refractivity contribution in [3.05, 3.63) is 24.3 Å². The Balaban J connectivity index is 0. The number of hydrogen-bond acceptors (Lipinski definition) is 3. The summed E-state index contributed by atoms with van der Waals surface area (Å²) in [5, 5.41) is 0. The number of unbranched alkanes of at least 4 members (excludes halogenated alkanes) is 5. The van der Waals surface area contributed by atoms with E-state index in [1.807, 2.05) is 40.7 Å². The topological polar surface area (TPSA) is 43.4 Å². The number of rotatable bonds is 11. The van der Waals surface area contributed by atoms with E-state index in [0.717, 1.165) is 32.1 Å². The minimum Gasteiger partial charge on any atom is -0.463 e. The largest absolute Gasteiger partial charge is 0.463 e. The van der Waals surface area contributed by atoms with E-state index in [1.54, 1.807) is 0 Å². The molecule has 1 rings (SSSR count). The van der Waals surface area contributed by atoms with Gasteiger partial charge in [-0.25, -0.2) is 0 Å². The van der Waals surface area contributed by atoms with Crippen LogP contribution in [0.1, 0.15) is 112 Å². The van der Waals surface area contributed by atoms with E-state index in [0.29, 0.717) is 18.1 Å². The highest BCUT2D eigenvalue weighted by atomic mass is 16.5. The molecule has 0 spiro atoms. The molecule has 0 aliphatic heterocycles. The van der Waals surface area contributed by atoms with E-state index in [9.17, 15) is 9.59 Å². The Bertz CT molecular complexity index is 422. The van der Waals surface area contributed by atoms with Gasteiger partial charge in [0, 0.05) is 19.3 Å². The molecule has 0 saturated heterocycles. The molecule has 0 bridgehead atoms. The highest BCUT2D eigenvalue weighted by Crippen LogP contribution is 2.23. The number of ketones is 1. The van der Waals surface area contributed by atoms with Crippen LogP contribution in [0.3, 0.4) is 0 Å². The molecule has 3 nitrogen and oxygen atoms in total. The third-order valence-electron chi connectivity index (χ3n) is 4.27. The molecule has 0 N–H and O–H groups in total. The lowest BCUT2D eigenvalue weighted by atomic mass is 10.1. The summed E-state index contributed by atoms with van der Waals surface area (Å²) >= 11 is 0. The number of allylic oxidation sites excluding steroid dienone is 4. The maximum atomic E-state index is 11.0. The van der Waals surface area contributed by atoms with Crippen LogP contribution in [-0.4, -0.2) is 17.9 Å². The minimum absolute atomic E-state index is 0.0132. The van der Waals surface area contributed by atoms with Gasteiger partial charge in [-0.1, -0.05) is 64.3 Å². The number of Topliss-reactive ketones (excluding diaryl/α,β-unsaturated/α-hetero) is 1. The van der Waals surface area contributed by atoms with Crippen LogP contribution in [0, 0.1) is 5.92 Å². The first-order chi connectivity index (χ1) is 13.5. The molecule has 1 saturated carbocycles. The number of carbonyl (C=O) groups excluding carboxylic acids is 2. The lowest BCUT2D eigenvalue weighted by Gasteiger charge is -2.06. The molecule has 0 amide bonds. The second kappa shape index (κ2) is 21.9. The molecule has 1 unspecified atom stereocenters. The highest BCUT2D eigenvalue weighted by molar-refractivity contribution is 5.80. The molecule has 3 heteroatoms. The first-order valence-corrected chi connectivity index (χ1v) is 11.5. The highest BCUT2D eigenvalue weighted by Gasteiger charge is 2.18. The van der Waals surface area contributed by atoms with Crippen molar-refractivity contribution in [2.75, 3.05) is 0 Å². The zero-order valence-electron chi connectivity index (χ0n) is 19.5. The fraction of sp³-hybridized carbons (Fsp3) is 0.760. The molecular formula is C25H46O3. The molecular weight excluding hydrogens is 348 g/mol. The van der Waals surface area contributed by atoms with Crippen LogP contribution in [0.5, 0.6) is 0 Å². The Morgan fingerprint density at radius 2 is 1.79 bits per heavy atom. The summed E-state index contributed by atoms with van der Waals surface area (Å²) in [6, 6.07) is 0. The standard InChI is InChI=1S/C13H22O.C10H18O2.C2H6/c1-2-3-4-5-6-7-8-12-9-10-13(14)11-12;1-4-5-6-7-8-10(11)12-9(2)3;1-2/h7-8,12H,2-6,9-11H2,1H3;4-5,9H,6-8H2,1-3H3;1-2H3/b8-7+;5-4-;. The third kappa shape index (κ3) is 20.9. The summed E-state index contributed by atoms with van der Waals surface area (Å²) in [6.45, 7) is 11.9. The van der Waals surface area contributed by atoms with Crippen molar-refractivity contribution in [1.29, 1.82) is 0 Å². The van der Waals surface area contributed by atoms with Crippen molar-refractivity contribution in [1.82, 2.24) is 0 Å². The van der Waals surface area contributed by atoms with Crippen molar-refractivity contribution in [3.63, 3.8) is 0 Å². The second-order valence-electron chi connectivity index (χ2n) is 7.32. The van der Waals surface area contributed by atoms with Crippen molar-refractivity contribution >= 4 is 11.8 Å². The first kappa shape index (κ1) is 28.8. The first-order valence-electron chi connectivity index (χ1n) is 11.5. The Morgan fingerprint density at radius 1 is 1.11 bits per heavy atom. The Morgan fingerprint density at radius 3 is 2.32 bits per heavy atom. The van der Waals surface area contributed by atoms with Gasteiger partial charge in [0.15, 0.2) is 0 Å². The van der Waals surface area contributed by atoms with E-state index in [-0.39, 0.29) is 12.1 Å². The van der Waals surface area contributed by atoms with Crippen LogP contribution < -0.4 is 0 Å². The second-order valence-corrected chi connectivity index (χ2v) is 7.32. The van der Waals surface area contributed by atoms with Gasteiger partial charge in [-0.2, -0.15) is 0 Å². The number of esters is 1. The van der Waals surface area contributed by atoms with Crippen LogP contribution in [0.4, 0.5) is 0 Å². The quantitative estimate of drug-likeness (QED) is 0.206. The molecule has 0 radical (unpaired) electrons. The van der Waals surface area contributed by atoms with Crippen LogP contribution in [0.15, 0.2) is 24.3 Å².